The first-order chi connectivity index (χ1) is 15.9. The van der Waals surface area contributed by atoms with Crippen LogP contribution in [0.25, 0.3) is 22.1 Å². The molecule has 1 heterocycles. The fourth-order valence-electron chi connectivity index (χ4n) is 3.37. The van der Waals surface area contributed by atoms with Crippen molar-refractivity contribution in [2.24, 2.45) is 0 Å². The van der Waals surface area contributed by atoms with E-state index >= 15 is 0 Å². The Bertz CT molecular complexity index is 1450. The minimum absolute atomic E-state index is 0.0906. The number of para-hydroxylation sites is 1. The van der Waals surface area contributed by atoms with Gasteiger partial charge in [-0.25, -0.2) is 4.79 Å². The van der Waals surface area contributed by atoms with E-state index in [4.69, 9.17) is 33.0 Å². The highest BCUT2D eigenvalue weighted by Crippen LogP contribution is 2.26. The number of hydrogen-bond acceptors (Lipinski definition) is 5. The smallest absolute Gasteiger partial charge is 0.344 e. The Labute approximate surface area is 200 Å². The van der Waals surface area contributed by atoms with Gasteiger partial charge in [-0.05, 0) is 66.7 Å². The van der Waals surface area contributed by atoms with Gasteiger partial charge < -0.3 is 14.5 Å². The molecule has 0 saturated carbocycles. The highest BCUT2D eigenvalue weighted by atomic mass is 35.5. The number of carbonyl (C=O) groups excluding carboxylic acids is 1. The van der Waals surface area contributed by atoms with Crippen LogP contribution in [0.5, 0.6) is 5.75 Å². The highest BCUT2D eigenvalue weighted by Gasteiger charge is 2.15. The second-order valence-corrected chi connectivity index (χ2v) is 8.11. The van der Waals surface area contributed by atoms with Gasteiger partial charge in [-0.3, -0.25) is 10.1 Å². The molecule has 3 aromatic carbocycles. The molecule has 0 aliphatic rings. The molecule has 0 spiro atoms. The SMILES string of the molecule is COc1ccc(Cl)cc1C(=O)NC(=S)Nc1cc(-c2cc3ccccc3oc2=O)ccc1C. The summed E-state index contributed by atoms with van der Waals surface area (Å²) in [6.45, 7) is 1.89. The predicted octanol–water partition coefficient (Wildman–Crippen LogP) is 5.56. The van der Waals surface area contributed by atoms with Crippen LogP contribution in [0.3, 0.4) is 0 Å². The second kappa shape index (κ2) is 9.44. The van der Waals surface area contributed by atoms with Gasteiger partial charge in [0.25, 0.3) is 5.91 Å². The number of anilines is 1. The number of nitrogens with one attached hydrogen (secondary N) is 2. The standard InChI is InChI=1S/C25H19ClN2O4S/c1-14-7-8-15(18-11-16-5-3-4-6-21(16)32-24(18)30)12-20(14)27-25(33)28-23(29)19-13-17(26)9-10-22(19)31-2/h3-13H,1-2H3,(H2,27,28,29,33). The van der Waals surface area contributed by atoms with Crippen molar-refractivity contribution in [3.05, 3.63) is 93.3 Å². The van der Waals surface area contributed by atoms with Gasteiger partial charge in [-0.15, -0.1) is 0 Å². The number of methoxy groups -OCH3 is 1. The molecule has 166 valence electrons. The molecule has 0 fully saturated rings. The Morgan fingerprint density at radius 2 is 1.85 bits per heavy atom. The summed E-state index contributed by atoms with van der Waals surface area (Å²) in [7, 11) is 1.47. The Hall–Kier alpha value is -3.68. The molecule has 2 N–H and O–H groups in total. The van der Waals surface area contributed by atoms with Crippen molar-refractivity contribution in [2.75, 3.05) is 12.4 Å². The van der Waals surface area contributed by atoms with E-state index in [0.29, 0.717) is 33.2 Å². The van der Waals surface area contributed by atoms with E-state index in [2.05, 4.69) is 10.6 Å². The van der Waals surface area contributed by atoms with Crippen LogP contribution in [0.1, 0.15) is 15.9 Å². The average molecular weight is 479 g/mol. The predicted molar refractivity (Wildman–Crippen MR) is 134 cm³/mol. The van der Waals surface area contributed by atoms with Crippen molar-refractivity contribution in [1.82, 2.24) is 5.32 Å². The van der Waals surface area contributed by atoms with Crippen molar-refractivity contribution in [2.45, 2.75) is 6.92 Å². The fourth-order valence-corrected chi connectivity index (χ4v) is 3.74. The van der Waals surface area contributed by atoms with Gasteiger partial charge in [0.1, 0.15) is 11.3 Å². The van der Waals surface area contributed by atoms with Gasteiger partial charge in [0.05, 0.1) is 18.2 Å². The third kappa shape index (κ3) is 4.89. The molecule has 33 heavy (non-hydrogen) atoms. The molecule has 0 aliphatic heterocycles. The maximum atomic E-state index is 12.7. The van der Waals surface area contributed by atoms with E-state index in [0.717, 1.165) is 10.9 Å². The number of hydrogen-bond donors (Lipinski definition) is 2. The Morgan fingerprint density at radius 1 is 1.06 bits per heavy atom. The Kier molecular flexibility index (Phi) is 6.44. The Balaban J connectivity index is 1.58. The summed E-state index contributed by atoms with van der Waals surface area (Å²) in [4.78, 5) is 25.2. The third-order valence-electron chi connectivity index (χ3n) is 5.07. The molecule has 0 radical (unpaired) electrons. The lowest BCUT2D eigenvalue weighted by molar-refractivity contribution is 0.0975. The molecule has 0 atom stereocenters. The van der Waals surface area contributed by atoms with E-state index in [-0.39, 0.29) is 10.7 Å². The highest BCUT2D eigenvalue weighted by molar-refractivity contribution is 7.80. The average Bonchev–Trinajstić information content (AvgIpc) is 2.80. The first-order valence-electron chi connectivity index (χ1n) is 9.95. The minimum atomic E-state index is -0.462. The number of carbonyl (C=O) groups is 1. The normalized spacial score (nSPS) is 10.6. The molecule has 6 nitrogen and oxygen atoms in total. The first kappa shape index (κ1) is 22.5. The molecule has 0 unspecified atom stereocenters. The fraction of sp³-hybridized carbons (Fsp3) is 0.0800. The van der Waals surface area contributed by atoms with Crippen LogP contribution in [0, 0.1) is 6.92 Å². The number of aryl methyl sites for hydroxylation is 1. The number of benzene rings is 3. The second-order valence-electron chi connectivity index (χ2n) is 7.27. The largest absolute Gasteiger partial charge is 0.496 e. The summed E-state index contributed by atoms with van der Waals surface area (Å²) in [5.74, 6) is -0.0864. The number of halogens is 1. The number of amides is 1. The van der Waals surface area contributed by atoms with Gasteiger partial charge in [0.2, 0.25) is 0 Å². The van der Waals surface area contributed by atoms with Crippen LogP contribution in [0.4, 0.5) is 5.69 Å². The van der Waals surface area contributed by atoms with Crippen LogP contribution < -0.4 is 21.0 Å². The summed E-state index contributed by atoms with van der Waals surface area (Å²) in [6, 6.07) is 19.3. The van der Waals surface area contributed by atoms with Gasteiger partial charge in [-0.2, -0.15) is 0 Å². The van der Waals surface area contributed by atoms with Crippen LogP contribution >= 0.6 is 23.8 Å². The van der Waals surface area contributed by atoms with Crippen LogP contribution in [0.2, 0.25) is 5.02 Å². The number of thiocarbonyl (C=S) groups is 1. The molecule has 4 aromatic rings. The minimum Gasteiger partial charge on any atom is -0.496 e. The van der Waals surface area contributed by atoms with Gasteiger partial charge >= 0.3 is 5.63 Å². The molecule has 1 amide bonds. The number of rotatable bonds is 4. The van der Waals surface area contributed by atoms with Crippen molar-refractivity contribution >= 4 is 51.5 Å². The lowest BCUT2D eigenvalue weighted by Crippen LogP contribution is -2.34. The summed E-state index contributed by atoms with van der Waals surface area (Å²) < 4.78 is 10.7. The van der Waals surface area contributed by atoms with Crippen molar-refractivity contribution in [1.29, 1.82) is 0 Å². The van der Waals surface area contributed by atoms with E-state index in [9.17, 15) is 9.59 Å². The lowest BCUT2D eigenvalue weighted by atomic mass is 10.0. The molecule has 4 rings (SSSR count). The van der Waals surface area contributed by atoms with Crippen LogP contribution in [-0.4, -0.2) is 18.1 Å². The molecular weight excluding hydrogens is 460 g/mol. The zero-order valence-electron chi connectivity index (χ0n) is 17.8. The quantitative estimate of drug-likeness (QED) is 0.295. The van der Waals surface area contributed by atoms with Gasteiger partial charge in [-0.1, -0.05) is 41.9 Å². The van der Waals surface area contributed by atoms with Crippen molar-refractivity contribution in [3.63, 3.8) is 0 Å². The van der Waals surface area contributed by atoms with Gasteiger partial charge in [0, 0.05) is 16.1 Å². The number of fused-ring (bicyclic) bond motifs is 1. The zero-order chi connectivity index (χ0) is 23.5. The molecular formula is C25H19ClN2O4S. The third-order valence-corrected chi connectivity index (χ3v) is 5.51. The molecule has 0 bridgehead atoms. The summed E-state index contributed by atoms with van der Waals surface area (Å²) in [5.41, 5.74) is 2.95. The monoisotopic (exact) mass is 478 g/mol. The summed E-state index contributed by atoms with van der Waals surface area (Å²) in [5, 5.41) is 6.96. The maximum absolute atomic E-state index is 12.7. The van der Waals surface area contributed by atoms with Crippen LogP contribution in [-0.2, 0) is 0 Å². The molecule has 0 saturated heterocycles. The van der Waals surface area contributed by atoms with E-state index < -0.39 is 11.5 Å². The zero-order valence-corrected chi connectivity index (χ0v) is 19.3. The van der Waals surface area contributed by atoms with Crippen LogP contribution in [0.15, 0.2) is 75.9 Å². The topological polar surface area (TPSA) is 80.6 Å². The number of ether oxygens (including phenoxy) is 1. The van der Waals surface area contributed by atoms with E-state index in [1.807, 2.05) is 37.3 Å². The Morgan fingerprint density at radius 3 is 2.64 bits per heavy atom. The van der Waals surface area contributed by atoms with E-state index in [1.165, 1.54) is 13.2 Å². The first-order valence-corrected chi connectivity index (χ1v) is 10.7. The van der Waals surface area contributed by atoms with Gasteiger partial charge in [0.15, 0.2) is 5.11 Å². The summed E-state index contributed by atoms with van der Waals surface area (Å²) in [6.07, 6.45) is 0. The van der Waals surface area contributed by atoms with Crippen molar-refractivity contribution in [3.8, 4) is 16.9 Å². The lowest BCUT2D eigenvalue weighted by Gasteiger charge is -2.14. The van der Waals surface area contributed by atoms with Crippen molar-refractivity contribution < 1.29 is 13.9 Å². The van der Waals surface area contributed by atoms with E-state index in [1.54, 1.807) is 30.3 Å². The summed E-state index contributed by atoms with van der Waals surface area (Å²) >= 11 is 11.3. The molecule has 0 aliphatic carbocycles. The maximum Gasteiger partial charge on any atom is 0.344 e. The molecule has 1 aromatic heterocycles. The molecule has 8 heteroatoms.